The van der Waals surface area contributed by atoms with Crippen LogP contribution >= 0.6 is 11.8 Å². The Morgan fingerprint density at radius 1 is 1.06 bits per heavy atom. The summed E-state index contributed by atoms with van der Waals surface area (Å²) in [6, 6.07) is 9.75. The van der Waals surface area contributed by atoms with E-state index < -0.39 is 46.7 Å². The maximum absolute atomic E-state index is 14.2. The molecule has 3 rings (SSSR count). The summed E-state index contributed by atoms with van der Waals surface area (Å²) in [6.45, 7) is 0. The van der Waals surface area contributed by atoms with Crippen LogP contribution in [0.1, 0.15) is 24.1 Å². The van der Waals surface area contributed by atoms with Crippen molar-refractivity contribution >= 4 is 17.7 Å². The number of thioether (sulfide) groups is 1. The number of carbonyl (C=O) groups excluding carboxylic acids is 1. The second-order valence-corrected chi connectivity index (χ2v) is 8.86. The Bertz CT molecular complexity index is 1010. The van der Waals surface area contributed by atoms with Gasteiger partial charge in [0.1, 0.15) is 5.54 Å². The maximum Gasteiger partial charge on any atom is 0.419 e. The predicted octanol–water partition coefficient (Wildman–Crippen LogP) is 4.47. The minimum absolute atomic E-state index is 0.159. The van der Waals surface area contributed by atoms with E-state index in [4.69, 9.17) is 0 Å². The van der Waals surface area contributed by atoms with Gasteiger partial charge in [-0.05, 0) is 30.5 Å². The summed E-state index contributed by atoms with van der Waals surface area (Å²) in [6.07, 6.45) is -9.63. The monoisotopic (exact) mass is 502 g/mol. The van der Waals surface area contributed by atoms with Crippen molar-refractivity contribution in [1.82, 2.24) is 15.6 Å². The molecule has 1 saturated carbocycles. The molecular formula is C22H20F6N4OS. The number of carbonyl (C=O) groups is 1. The van der Waals surface area contributed by atoms with Gasteiger partial charge in [0.15, 0.2) is 0 Å². The minimum Gasteiger partial charge on any atom is -0.336 e. The third-order valence-corrected chi connectivity index (χ3v) is 6.42. The lowest BCUT2D eigenvalue weighted by atomic mass is 9.87. The van der Waals surface area contributed by atoms with Gasteiger partial charge in [0.05, 0.1) is 17.8 Å². The maximum atomic E-state index is 14.2. The number of nitrogens with one attached hydrogen (secondary N) is 2. The Hall–Kier alpha value is -2.78. The van der Waals surface area contributed by atoms with Crippen LogP contribution in [0, 0.1) is 11.3 Å². The molecule has 1 atom stereocenters. The van der Waals surface area contributed by atoms with Gasteiger partial charge in [0.2, 0.25) is 11.4 Å². The molecule has 0 saturated heterocycles. The molecule has 2 N–H and O–H groups in total. The molecule has 1 fully saturated rings. The summed E-state index contributed by atoms with van der Waals surface area (Å²) in [5.41, 5.74) is -6.32. The summed E-state index contributed by atoms with van der Waals surface area (Å²) in [7, 11) is 0. The molecule has 2 aromatic rings. The van der Waals surface area contributed by atoms with Gasteiger partial charge in [-0.3, -0.25) is 15.1 Å². The zero-order valence-electron chi connectivity index (χ0n) is 17.6. The third kappa shape index (κ3) is 5.47. The predicted molar refractivity (Wildman–Crippen MR) is 113 cm³/mol. The molecule has 1 aromatic carbocycles. The van der Waals surface area contributed by atoms with Crippen molar-refractivity contribution in [2.75, 3.05) is 5.75 Å². The smallest absolute Gasteiger partial charge is 0.336 e. The first-order valence-electron chi connectivity index (χ1n) is 10.1. The second-order valence-electron chi connectivity index (χ2n) is 7.83. The molecular weight excluding hydrogens is 482 g/mol. The van der Waals surface area contributed by atoms with Crippen LogP contribution < -0.4 is 10.6 Å². The summed E-state index contributed by atoms with van der Waals surface area (Å²) in [5, 5.41) is 13.2. The van der Waals surface area contributed by atoms with Crippen molar-refractivity contribution < 1.29 is 31.1 Å². The first-order chi connectivity index (χ1) is 15.9. The lowest BCUT2D eigenvalue weighted by Crippen LogP contribution is -2.68. The zero-order chi connectivity index (χ0) is 25.0. The molecule has 1 heterocycles. The fourth-order valence-electron chi connectivity index (χ4n) is 3.34. The van der Waals surface area contributed by atoms with Gasteiger partial charge in [0, 0.05) is 17.7 Å². The number of pyridine rings is 1. The average molecular weight is 502 g/mol. The molecule has 0 bridgehead atoms. The van der Waals surface area contributed by atoms with Gasteiger partial charge in [-0.25, -0.2) is 0 Å². The highest BCUT2D eigenvalue weighted by molar-refractivity contribution is 7.98. The number of hydrogen-bond acceptors (Lipinski definition) is 5. The summed E-state index contributed by atoms with van der Waals surface area (Å²) in [5.74, 6) is -1.38. The lowest BCUT2D eigenvalue weighted by molar-refractivity contribution is -0.315. The van der Waals surface area contributed by atoms with Crippen LogP contribution in [0.2, 0.25) is 0 Å². The molecule has 12 heteroatoms. The molecule has 5 nitrogen and oxygen atoms in total. The zero-order valence-corrected chi connectivity index (χ0v) is 18.4. The van der Waals surface area contributed by atoms with Crippen LogP contribution in [-0.4, -0.2) is 40.6 Å². The largest absolute Gasteiger partial charge is 0.419 e. The highest BCUT2D eigenvalue weighted by Crippen LogP contribution is 2.50. The van der Waals surface area contributed by atoms with Crippen LogP contribution in [0.4, 0.5) is 26.3 Å². The summed E-state index contributed by atoms with van der Waals surface area (Å²) >= 11 is 0.950. The molecule has 1 aliphatic carbocycles. The number of nitriles is 1. The van der Waals surface area contributed by atoms with Gasteiger partial charge in [-0.1, -0.05) is 36.4 Å². The molecule has 1 aliphatic rings. The van der Waals surface area contributed by atoms with Gasteiger partial charge in [-0.15, -0.1) is 0 Å². The molecule has 1 amide bonds. The number of aromatic nitrogens is 1. The summed E-state index contributed by atoms with van der Waals surface area (Å²) < 4.78 is 85.2. The van der Waals surface area contributed by atoms with Crippen molar-refractivity contribution in [2.45, 2.75) is 48.1 Å². The highest BCUT2D eigenvalue weighted by atomic mass is 32.2. The Labute approximate surface area is 195 Å². The van der Waals surface area contributed by atoms with E-state index in [0.29, 0.717) is 17.8 Å². The van der Waals surface area contributed by atoms with Crippen LogP contribution in [0.5, 0.6) is 0 Å². The first-order valence-corrected chi connectivity index (χ1v) is 11.3. The van der Waals surface area contributed by atoms with Crippen LogP contribution in [0.15, 0.2) is 54.7 Å². The fraction of sp³-hybridized carbons (Fsp3) is 0.409. The van der Waals surface area contributed by atoms with Crippen LogP contribution in [0.3, 0.4) is 0 Å². The molecule has 0 aliphatic heterocycles. The topological polar surface area (TPSA) is 77.8 Å². The summed E-state index contributed by atoms with van der Waals surface area (Å²) in [4.78, 5) is 16.9. The quantitative estimate of drug-likeness (QED) is 0.495. The molecule has 1 unspecified atom stereocenters. The number of nitrogens with zero attached hydrogens (tertiary/aromatic N) is 2. The van der Waals surface area contributed by atoms with Gasteiger partial charge < -0.3 is 5.32 Å². The molecule has 0 radical (unpaired) electrons. The Balaban J connectivity index is 1.96. The van der Waals surface area contributed by atoms with E-state index in [1.54, 1.807) is 23.5 Å². The highest BCUT2D eigenvalue weighted by Gasteiger charge is 2.72. The van der Waals surface area contributed by atoms with E-state index in [1.165, 1.54) is 12.3 Å². The van der Waals surface area contributed by atoms with Gasteiger partial charge in [0.25, 0.3) is 0 Å². The van der Waals surface area contributed by atoms with E-state index in [2.05, 4.69) is 10.3 Å². The van der Waals surface area contributed by atoms with Crippen molar-refractivity contribution in [3.63, 3.8) is 0 Å². The minimum atomic E-state index is -5.83. The second kappa shape index (κ2) is 9.84. The molecule has 1 aromatic heterocycles. The molecule has 34 heavy (non-hydrogen) atoms. The number of hydrogen-bond donors (Lipinski definition) is 2. The average Bonchev–Trinajstić information content (AvgIpc) is 3.55. The number of rotatable bonds is 9. The Morgan fingerprint density at radius 3 is 2.18 bits per heavy atom. The van der Waals surface area contributed by atoms with Crippen LogP contribution in [-0.2, 0) is 16.1 Å². The van der Waals surface area contributed by atoms with E-state index in [9.17, 15) is 36.4 Å². The lowest BCUT2D eigenvalue weighted by Gasteiger charge is -2.40. The number of halogens is 6. The number of benzene rings is 1. The van der Waals surface area contributed by atoms with E-state index in [0.717, 1.165) is 23.9 Å². The Morgan fingerprint density at radius 2 is 1.68 bits per heavy atom. The van der Waals surface area contributed by atoms with Gasteiger partial charge >= 0.3 is 12.4 Å². The van der Waals surface area contributed by atoms with Crippen molar-refractivity contribution in [3.8, 4) is 6.07 Å². The Kier molecular flexibility index (Phi) is 7.47. The molecule has 182 valence electrons. The normalized spacial score (nSPS) is 16.4. The van der Waals surface area contributed by atoms with E-state index in [1.807, 2.05) is 6.07 Å². The van der Waals surface area contributed by atoms with Crippen molar-refractivity contribution in [3.05, 3.63) is 66.0 Å². The van der Waals surface area contributed by atoms with E-state index in [-0.39, 0.29) is 18.6 Å². The number of alkyl halides is 6. The van der Waals surface area contributed by atoms with Crippen molar-refractivity contribution in [1.29, 1.82) is 5.26 Å². The van der Waals surface area contributed by atoms with Crippen LogP contribution in [0.25, 0.3) is 0 Å². The third-order valence-electron chi connectivity index (χ3n) is 5.35. The first kappa shape index (κ1) is 25.8. The standard InChI is InChI=1S/C22H20F6N4OS/c23-21(24,25)20(22(26,27)28,15-6-2-1-3-7-15)31-17(18(33)32-19(14-29)9-10-19)13-34-12-16-8-4-5-11-30-16/h1-8,11,17,31H,9-10,12-13H2,(H,32,33). The van der Waals surface area contributed by atoms with Crippen molar-refractivity contribution in [2.24, 2.45) is 0 Å². The number of amides is 1. The van der Waals surface area contributed by atoms with Gasteiger partial charge in [-0.2, -0.15) is 43.4 Å². The SMILES string of the molecule is N#CC1(NC(=O)C(CSCc2ccccn2)NC(c2ccccc2)(C(F)(F)F)C(F)(F)F)CC1. The van der Waals surface area contributed by atoms with E-state index >= 15 is 0 Å². The molecule has 0 spiro atoms. The fourth-order valence-corrected chi connectivity index (χ4v) is 4.31.